The van der Waals surface area contributed by atoms with Crippen molar-refractivity contribution in [3.63, 3.8) is 0 Å². The summed E-state index contributed by atoms with van der Waals surface area (Å²) in [5, 5.41) is 6.07. The maximum Gasteiger partial charge on any atom is 0.261 e. The number of thiophene rings is 1. The third kappa shape index (κ3) is 4.42. The zero-order chi connectivity index (χ0) is 20.4. The molecule has 1 atom stereocenters. The number of aromatic nitrogens is 2. The van der Waals surface area contributed by atoms with Gasteiger partial charge in [-0.25, -0.2) is 4.98 Å². The van der Waals surface area contributed by atoms with Crippen molar-refractivity contribution in [3.8, 4) is 0 Å². The second-order valence-electron chi connectivity index (χ2n) is 6.41. The molecule has 0 radical (unpaired) electrons. The van der Waals surface area contributed by atoms with Gasteiger partial charge in [0.15, 0.2) is 0 Å². The van der Waals surface area contributed by atoms with Crippen LogP contribution in [-0.4, -0.2) is 15.5 Å². The number of halogens is 2. The lowest BCUT2D eigenvalue weighted by molar-refractivity contribution is -0.122. The highest BCUT2D eigenvalue weighted by molar-refractivity contribution is 9.10. The molecule has 0 bridgehead atoms. The molecule has 1 N–H and O–H groups in total. The molecule has 0 aliphatic carbocycles. The van der Waals surface area contributed by atoms with Gasteiger partial charge in [-0.05, 0) is 47.3 Å². The molecule has 0 saturated carbocycles. The van der Waals surface area contributed by atoms with Gasteiger partial charge in [0.05, 0.1) is 23.3 Å². The number of hydrogen-bond acceptors (Lipinski definition) is 4. The summed E-state index contributed by atoms with van der Waals surface area (Å²) in [6, 6.07) is 16.2. The predicted octanol–water partition coefficient (Wildman–Crippen LogP) is 4.78. The number of amides is 1. The smallest absolute Gasteiger partial charge is 0.261 e. The van der Waals surface area contributed by atoms with Gasteiger partial charge < -0.3 is 5.32 Å². The molecule has 2 aromatic carbocycles. The third-order valence-electron chi connectivity index (χ3n) is 4.44. The largest absolute Gasteiger partial charge is 0.343 e. The molecule has 146 valence electrons. The number of carbonyl (C=O) groups is 1. The molecule has 5 nitrogen and oxygen atoms in total. The van der Waals surface area contributed by atoms with E-state index in [-0.39, 0.29) is 24.1 Å². The highest BCUT2D eigenvalue weighted by Gasteiger charge is 2.19. The van der Waals surface area contributed by atoms with Gasteiger partial charge in [-0.15, -0.1) is 11.3 Å². The van der Waals surface area contributed by atoms with Crippen LogP contribution in [0, 0.1) is 0 Å². The van der Waals surface area contributed by atoms with E-state index in [1.807, 2.05) is 35.7 Å². The monoisotopic (exact) mass is 487 g/mol. The van der Waals surface area contributed by atoms with E-state index in [4.69, 9.17) is 11.6 Å². The summed E-state index contributed by atoms with van der Waals surface area (Å²) in [6.45, 7) is -0.121. The fourth-order valence-electron chi connectivity index (χ4n) is 3.03. The molecule has 2 aromatic heterocycles. The fraction of sp³-hybridized carbons (Fsp3) is 0.0952. The van der Waals surface area contributed by atoms with Crippen molar-refractivity contribution in [2.45, 2.75) is 12.6 Å². The molecule has 1 amide bonds. The second-order valence-corrected chi connectivity index (χ2v) is 8.74. The minimum Gasteiger partial charge on any atom is -0.343 e. The third-order valence-corrected chi connectivity index (χ3v) is 6.12. The fourth-order valence-corrected chi connectivity index (χ4v) is 4.32. The van der Waals surface area contributed by atoms with E-state index >= 15 is 0 Å². The van der Waals surface area contributed by atoms with Crippen LogP contribution in [-0.2, 0) is 11.3 Å². The number of carbonyl (C=O) groups excluding carboxylic acids is 1. The second kappa shape index (κ2) is 8.49. The van der Waals surface area contributed by atoms with Gasteiger partial charge in [0, 0.05) is 14.4 Å². The SMILES string of the molecule is O=C(Cn1cnc2ccc(Br)cc2c1=O)NC(c1ccc(Cl)cc1)c1cccs1. The number of fused-ring (bicyclic) bond motifs is 1. The average Bonchev–Trinajstić information content (AvgIpc) is 3.24. The number of nitrogens with one attached hydrogen (secondary N) is 1. The first-order valence-electron chi connectivity index (χ1n) is 8.74. The lowest BCUT2D eigenvalue weighted by Gasteiger charge is -2.18. The number of rotatable bonds is 5. The van der Waals surface area contributed by atoms with Gasteiger partial charge in [-0.3, -0.25) is 14.2 Å². The lowest BCUT2D eigenvalue weighted by Crippen LogP contribution is -2.35. The first kappa shape index (κ1) is 19.8. The summed E-state index contributed by atoms with van der Waals surface area (Å²) in [5.41, 5.74) is 1.25. The molecule has 8 heteroatoms. The highest BCUT2D eigenvalue weighted by Crippen LogP contribution is 2.27. The van der Waals surface area contributed by atoms with Crippen LogP contribution in [0.5, 0.6) is 0 Å². The molecule has 29 heavy (non-hydrogen) atoms. The van der Waals surface area contributed by atoms with E-state index in [1.165, 1.54) is 10.9 Å². The van der Waals surface area contributed by atoms with Gasteiger partial charge in [0.25, 0.3) is 5.56 Å². The van der Waals surface area contributed by atoms with Crippen LogP contribution >= 0.6 is 38.9 Å². The maximum atomic E-state index is 12.8. The van der Waals surface area contributed by atoms with Crippen LogP contribution in [0.15, 0.2) is 75.6 Å². The Morgan fingerprint density at radius 1 is 1.21 bits per heavy atom. The van der Waals surface area contributed by atoms with Crippen LogP contribution in [0.25, 0.3) is 10.9 Å². The van der Waals surface area contributed by atoms with Crippen LogP contribution < -0.4 is 10.9 Å². The molecule has 0 spiro atoms. The molecular formula is C21H15BrClN3O2S. The van der Waals surface area contributed by atoms with Crippen molar-refractivity contribution < 1.29 is 4.79 Å². The molecule has 0 fully saturated rings. The van der Waals surface area contributed by atoms with Gasteiger partial charge in [-0.1, -0.05) is 45.7 Å². The van der Waals surface area contributed by atoms with Crippen molar-refractivity contribution in [1.29, 1.82) is 0 Å². The van der Waals surface area contributed by atoms with E-state index in [0.29, 0.717) is 15.9 Å². The van der Waals surface area contributed by atoms with Crippen molar-refractivity contribution in [1.82, 2.24) is 14.9 Å². The topological polar surface area (TPSA) is 64.0 Å². The molecule has 1 unspecified atom stereocenters. The molecule has 4 aromatic rings. The Balaban J connectivity index is 1.60. The summed E-state index contributed by atoms with van der Waals surface area (Å²) < 4.78 is 2.10. The van der Waals surface area contributed by atoms with Crippen molar-refractivity contribution in [3.05, 3.63) is 96.6 Å². The zero-order valence-corrected chi connectivity index (χ0v) is 18.2. The maximum absolute atomic E-state index is 12.8. The van der Waals surface area contributed by atoms with E-state index in [1.54, 1.807) is 35.6 Å². The standard InChI is InChI=1S/C21H15BrClN3O2S/c22-14-5-8-17-16(10-14)21(28)26(12-24-17)11-19(27)25-20(18-2-1-9-29-18)13-3-6-15(23)7-4-13/h1-10,12,20H,11H2,(H,25,27). The Bertz CT molecular complexity index is 1220. The predicted molar refractivity (Wildman–Crippen MR) is 119 cm³/mol. The molecular weight excluding hydrogens is 474 g/mol. The first-order chi connectivity index (χ1) is 14.0. The van der Waals surface area contributed by atoms with Crippen LogP contribution in [0.3, 0.4) is 0 Å². The van der Waals surface area contributed by atoms with Gasteiger partial charge >= 0.3 is 0 Å². The minimum atomic E-state index is -0.321. The van der Waals surface area contributed by atoms with E-state index in [9.17, 15) is 9.59 Å². The summed E-state index contributed by atoms with van der Waals surface area (Å²) in [5.74, 6) is -0.281. The minimum absolute atomic E-state index is 0.121. The molecule has 0 aliphatic heterocycles. The molecule has 2 heterocycles. The Hall–Kier alpha value is -2.48. The van der Waals surface area contributed by atoms with Gasteiger partial charge in [0.2, 0.25) is 5.91 Å². The average molecular weight is 489 g/mol. The Labute approximate surface area is 184 Å². The van der Waals surface area contributed by atoms with Gasteiger partial charge in [-0.2, -0.15) is 0 Å². The van der Waals surface area contributed by atoms with Crippen LogP contribution in [0.4, 0.5) is 0 Å². The van der Waals surface area contributed by atoms with Crippen molar-refractivity contribution >= 4 is 55.7 Å². The number of hydrogen-bond donors (Lipinski definition) is 1. The molecule has 0 aliphatic rings. The van der Waals surface area contributed by atoms with Crippen LogP contribution in [0.2, 0.25) is 5.02 Å². The Morgan fingerprint density at radius 2 is 2.00 bits per heavy atom. The lowest BCUT2D eigenvalue weighted by atomic mass is 10.1. The summed E-state index contributed by atoms with van der Waals surface area (Å²) in [4.78, 5) is 30.8. The van der Waals surface area contributed by atoms with Crippen LogP contribution in [0.1, 0.15) is 16.5 Å². The normalized spacial score (nSPS) is 12.1. The Morgan fingerprint density at radius 3 is 2.72 bits per heavy atom. The Kier molecular flexibility index (Phi) is 5.80. The molecule has 4 rings (SSSR count). The summed E-state index contributed by atoms with van der Waals surface area (Å²) in [6.07, 6.45) is 1.40. The van der Waals surface area contributed by atoms with E-state index < -0.39 is 0 Å². The van der Waals surface area contributed by atoms with E-state index in [0.717, 1.165) is 14.9 Å². The highest BCUT2D eigenvalue weighted by atomic mass is 79.9. The molecule has 0 saturated heterocycles. The van der Waals surface area contributed by atoms with Crippen molar-refractivity contribution in [2.75, 3.05) is 0 Å². The van der Waals surface area contributed by atoms with Gasteiger partial charge in [0.1, 0.15) is 6.54 Å². The van der Waals surface area contributed by atoms with E-state index in [2.05, 4.69) is 26.2 Å². The number of benzene rings is 2. The summed E-state index contributed by atoms with van der Waals surface area (Å²) in [7, 11) is 0. The number of nitrogens with zero attached hydrogens (tertiary/aromatic N) is 2. The quantitative estimate of drug-likeness (QED) is 0.440. The zero-order valence-electron chi connectivity index (χ0n) is 15.0. The summed E-state index contributed by atoms with van der Waals surface area (Å²) >= 11 is 10.9. The first-order valence-corrected chi connectivity index (χ1v) is 10.8. The van der Waals surface area contributed by atoms with Crippen molar-refractivity contribution in [2.24, 2.45) is 0 Å².